The number of benzene rings is 1. The van der Waals surface area contributed by atoms with E-state index in [1.807, 2.05) is 0 Å². The molecule has 100 valence electrons. The van der Waals surface area contributed by atoms with Crippen LogP contribution in [0.1, 0.15) is 5.56 Å². The van der Waals surface area contributed by atoms with Crippen LogP contribution in [0.15, 0.2) is 40.2 Å². The number of hydrogen-bond acceptors (Lipinski definition) is 4. The first kappa shape index (κ1) is 14.0. The lowest BCUT2D eigenvalue weighted by molar-refractivity contribution is 0.598. The van der Waals surface area contributed by atoms with Crippen LogP contribution in [0, 0.1) is 0 Å². The van der Waals surface area contributed by atoms with E-state index in [1.54, 1.807) is 18.2 Å². The van der Waals surface area contributed by atoms with Crippen LogP contribution in [0.2, 0.25) is 0 Å². The van der Waals surface area contributed by atoms with E-state index in [0.717, 1.165) is 0 Å². The lowest BCUT2D eigenvalue weighted by Gasteiger charge is -2.09. The molecule has 9 heteroatoms. The minimum atomic E-state index is -3.69. The third-order valence-electron chi connectivity index (χ3n) is 2.26. The van der Waals surface area contributed by atoms with E-state index in [9.17, 15) is 8.42 Å². The standard InChI is InChI=1S/C10H9BrN4O2S2/c11-7-3-6(10(12)18)1-2-8(7)15-19(16,17)9-4-13-5-14-9/h1-5,15H,(H2,12,18)(H,13,14). The minimum absolute atomic E-state index is 0.0159. The lowest BCUT2D eigenvalue weighted by atomic mass is 10.2. The number of rotatable bonds is 4. The summed E-state index contributed by atoms with van der Waals surface area (Å²) in [5.74, 6) is 0. The second-order valence-electron chi connectivity index (χ2n) is 3.58. The van der Waals surface area contributed by atoms with Crippen LogP contribution in [-0.4, -0.2) is 23.4 Å². The Bertz CT molecular complexity index is 713. The molecule has 19 heavy (non-hydrogen) atoms. The van der Waals surface area contributed by atoms with Crippen LogP contribution in [0.3, 0.4) is 0 Å². The molecular weight excluding hydrogens is 352 g/mol. The fraction of sp³-hybridized carbons (Fsp3) is 0. The molecule has 0 amide bonds. The van der Waals surface area contributed by atoms with E-state index >= 15 is 0 Å². The highest BCUT2D eigenvalue weighted by Gasteiger charge is 2.17. The molecule has 0 radical (unpaired) electrons. The lowest BCUT2D eigenvalue weighted by Crippen LogP contribution is -2.14. The number of nitrogens with two attached hydrogens (primary N) is 1. The Balaban J connectivity index is 2.32. The second-order valence-corrected chi connectivity index (χ2v) is 6.53. The molecule has 0 aliphatic rings. The molecule has 0 unspecified atom stereocenters. The topological polar surface area (TPSA) is 101 Å². The molecule has 0 saturated carbocycles. The van der Waals surface area contributed by atoms with Gasteiger partial charge in [-0.25, -0.2) is 4.98 Å². The summed E-state index contributed by atoms with van der Waals surface area (Å²) in [6.07, 6.45) is 2.51. The van der Waals surface area contributed by atoms with Gasteiger partial charge in [-0.05, 0) is 34.1 Å². The molecule has 0 aliphatic heterocycles. The summed E-state index contributed by atoms with van der Waals surface area (Å²) < 4.78 is 26.9. The van der Waals surface area contributed by atoms with Crippen molar-refractivity contribution in [3.63, 3.8) is 0 Å². The summed E-state index contributed by atoms with van der Waals surface area (Å²) in [6, 6.07) is 4.86. The van der Waals surface area contributed by atoms with Gasteiger partial charge in [0.15, 0.2) is 5.03 Å². The maximum atomic E-state index is 12.0. The van der Waals surface area contributed by atoms with E-state index in [4.69, 9.17) is 18.0 Å². The molecule has 0 bridgehead atoms. The monoisotopic (exact) mass is 360 g/mol. The van der Waals surface area contributed by atoms with E-state index in [2.05, 4.69) is 30.6 Å². The minimum Gasteiger partial charge on any atom is -0.389 e. The summed E-state index contributed by atoms with van der Waals surface area (Å²) >= 11 is 8.11. The average Bonchev–Trinajstić information content (AvgIpc) is 2.85. The van der Waals surface area contributed by atoms with Crippen molar-refractivity contribution in [2.24, 2.45) is 5.73 Å². The number of hydrogen-bond donors (Lipinski definition) is 3. The number of nitrogens with one attached hydrogen (secondary N) is 2. The zero-order valence-corrected chi connectivity index (χ0v) is 12.6. The zero-order valence-electron chi connectivity index (χ0n) is 9.42. The van der Waals surface area contributed by atoms with Gasteiger partial charge in [-0.1, -0.05) is 12.2 Å². The van der Waals surface area contributed by atoms with E-state index in [0.29, 0.717) is 15.7 Å². The number of halogens is 1. The Morgan fingerprint density at radius 3 is 2.74 bits per heavy atom. The predicted octanol–water partition coefficient (Wildman–Crippen LogP) is 1.61. The van der Waals surface area contributed by atoms with Crippen molar-refractivity contribution in [1.82, 2.24) is 9.97 Å². The smallest absolute Gasteiger partial charge is 0.279 e. The first-order valence-corrected chi connectivity index (χ1v) is 7.69. The van der Waals surface area contributed by atoms with Crippen LogP contribution < -0.4 is 10.5 Å². The summed E-state index contributed by atoms with van der Waals surface area (Å²) in [7, 11) is -3.69. The van der Waals surface area contributed by atoms with Gasteiger partial charge in [-0.15, -0.1) is 0 Å². The van der Waals surface area contributed by atoms with Gasteiger partial charge in [0.25, 0.3) is 10.0 Å². The van der Waals surface area contributed by atoms with Crippen LogP contribution in [0.4, 0.5) is 5.69 Å². The van der Waals surface area contributed by atoms with Crippen molar-refractivity contribution in [3.8, 4) is 0 Å². The molecule has 4 N–H and O–H groups in total. The molecule has 0 spiro atoms. The van der Waals surface area contributed by atoms with Crippen molar-refractivity contribution in [2.75, 3.05) is 4.72 Å². The van der Waals surface area contributed by atoms with Gasteiger partial charge in [-0.3, -0.25) is 4.72 Å². The Morgan fingerprint density at radius 2 is 2.21 bits per heavy atom. The number of thiocarbonyl (C=S) groups is 1. The normalized spacial score (nSPS) is 11.2. The summed E-state index contributed by atoms with van der Waals surface area (Å²) in [6.45, 7) is 0. The van der Waals surface area contributed by atoms with Crippen molar-refractivity contribution in [2.45, 2.75) is 5.03 Å². The van der Waals surface area contributed by atoms with Gasteiger partial charge >= 0.3 is 0 Å². The second kappa shape index (κ2) is 5.27. The van der Waals surface area contributed by atoms with Gasteiger partial charge in [0.1, 0.15) is 4.99 Å². The summed E-state index contributed by atoms with van der Waals surface area (Å²) in [4.78, 5) is 6.44. The number of sulfonamides is 1. The molecule has 0 fully saturated rings. The van der Waals surface area contributed by atoms with Crippen molar-refractivity contribution < 1.29 is 8.42 Å². The molecule has 1 aromatic carbocycles. The number of nitrogens with zero attached hydrogens (tertiary/aromatic N) is 1. The average molecular weight is 361 g/mol. The summed E-state index contributed by atoms with van der Waals surface area (Å²) in [5.41, 5.74) is 6.52. The molecule has 1 aromatic heterocycles. The molecule has 0 saturated heterocycles. The zero-order chi connectivity index (χ0) is 14.0. The number of anilines is 1. The quantitative estimate of drug-likeness (QED) is 0.719. The Labute approximate surface area is 123 Å². The maximum Gasteiger partial charge on any atom is 0.279 e. The maximum absolute atomic E-state index is 12.0. The highest BCUT2D eigenvalue weighted by atomic mass is 79.9. The molecule has 2 rings (SSSR count). The van der Waals surface area contributed by atoms with E-state index in [-0.39, 0.29) is 10.0 Å². The molecule has 6 nitrogen and oxygen atoms in total. The molecule has 2 aromatic rings. The van der Waals surface area contributed by atoms with Crippen LogP contribution >= 0.6 is 28.1 Å². The SMILES string of the molecule is NC(=S)c1ccc(NS(=O)(=O)c2cnc[nH]2)c(Br)c1. The fourth-order valence-electron chi connectivity index (χ4n) is 1.34. The van der Waals surface area contributed by atoms with Gasteiger partial charge in [0.2, 0.25) is 0 Å². The Hall–Kier alpha value is -1.45. The van der Waals surface area contributed by atoms with Crippen molar-refractivity contribution in [1.29, 1.82) is 0 Å². The number of H-pyrrole nitrogens is 1. The number of aromatic nitrogens is 2. The Morgan fingerprint density at radius 1 is 1.47 bits per heavy atom. The number of imidazole rings is 1. The first-order valence-electron chi connectivity index (χ1n) is 5.01. The van der Waals surface area contributed by atoms with Gasteiger partial charge in [0.05, 0.1) is 18.2 Å². The van der Waals surface area contributed by atoms with E-state index < -0.39 is 10.0 Å². The fourth-order valence-corrected chi connectivity index (χ4v) is 3.06. The van der Waals surface area contributed by atoms with Crippen LogP contribution in [0.5, 0.6) is 0 Å². The van der Waals surface area contributed by atoms with Crippen LogP contribution in [-0.2, 0) is 10.0 Å². The number of aromatic amines is 1. The molecule has 0 aliphatic carbocycles. The van der Waals surface area contributed by atoms with Crippen molar-refractivity contribution >= 4 is 48.8 Å². The Kier molecular flexibility index (Phi) is 3.88. The largest absolute Gasteiger partial charge is 0.389 e. The third kappa shape index (κ3) is 3.11. The van der Waals surface area contributed by atoms with E-state index in [1.165, 1.54) is 12.5 Å². The summed E-state index contributed by atoms with van der Waals surface area (Å²) in [5, 5.41) is -0.0159. The highest BCUT2D eigenvalue weighted by Crippen LogP contribution is 2.25. The molecule has 1 heterocycles. The van der Waals surface area contributed by atoms with Crippen LogP contribution in [0.25, 0.3) is 0 Å². The molecular formula is C10H9BrN4O2S2. The van der Waals surface area contributed by atoms with Crippen molar-refractivity contribution in [3.05, 3.63) is 40.8 Å². The van der Waals surface area contributed by atoms with Gasteiger partial charge < -0.3 is 10.7 Å². The first-order chi connectivity index (χ1) is 8.90. The highest BCUT2D eigenvalue weighted by molar-refractivity contribution is 9.10. The van der Waals surface area contributed by atoms with Gasteiger partial charge in [0, 0.05) is 10.0 Å². The predicted molar refractivity (Wildman–Crippen MR) is 79.4 cm³/mol. The van der Waals surface area contributed by atoms with Gasteiger partial charge in [-0.2, -0.15) is 8.42 Å². The molecule has 0 atom stereocenters. The third-order valence-corrected chi connectivity index (χ3v) is 4.44.